The zero-order chi connectivity index (χ0) is 34.2. The fourth-order valence-electron chi connectivity index (χ4n) is 2.42. The number of carbonyl (C=O) groups excluding carboxylic acids is 10. The Kier molecular flexibility index (Phi) is 19.7. The van der Waals surface area contributed by atoms with Gasteiger partial charge in [-0.2, -0.15) is 0 Å². The smallest absolute Gasteiger partial charge is 0.322 e. The highest BCUT2D eigenvalue weighted by Crippen LogP contribution is 1.75. The second kappa shape index (κ2) is 22.7. The Morgan fingerprint density at radius 3 is 0.622 bits per heavy atom. The molecule has 0 heterocycles. The van der Waals surface area contributed by atoms with Crippen molar-refractivity contribution in [1.29, 1.82) is 0 Å². The van der Waals surface area contributed by atoms with Crippen LogP contribution in [0.2, 0.25) is 0 Å². The molecule has 10 amide bonds. The van der Waals surface area contributed by atoms with Crippen LogP contribution in [0.25, 0.3) is 0 Å². The summed E-state index contributed by atoms with van der Waals surface area (Å²) >= 11 is 0. The van der Waals surface area contributed by atoms with Gasteiger partial charge in [0.25, 0.3) is 0 Å². The van der Waals surface area contributed by atoms with Crippen molar-refractivity contribution in [3.05, 3.63) is 0 Å². The molecule has 0 spiro atoms. The fraction of sp³-hybridized carbons (Fsp3) is 0.500. The van der Waals surface area contributed by atoms with Crippen molar-refractivity contribution in [3.8, 4) is 0 Å². The molecule has 250 valence electrons. The van der Waals surface area contributed by atoms with Gasteiger partial charge in [0, 0.05) is 0 Å². The first-order valence-electron chi connectivity index (χ1n) is 12.8. The Bertz CT molecular complexity index is 1150. The summed E-state index contributed by atoms with van der Waals surface area (Å²) in [6.07, 6.45) is 0. The number of nitrogens with two attached hydrogens (primary N) is 1. The molecule has 0 fully saturated rings. The second-order valence-electron chi connectivity index (χ2n) is 8.37. The fourth-order valence-corrected chi connectivity index (χ4v) is 2.42. The van der Waals surface area contributed by atoms with E-state index >= 15 is 0 Å². The van der Waals surface area contributed by atoms with E-state index in [0.717, 1.165) is 0 Å². The Labute approximate surface area is 254 Å². The van der Waals surface area contributed by atoms with Crippen LogP contribution in [-0.4, -0.2) is 142 Å². The summed E-state index contributed by atoms with van der Waals surface area (Å²) in [5.41, 5.74) is 5.06. The third-order valence-electron chi connectivity index (χ3n) is 4.64. The quantitative estimate of drug-likeness (QED) is 0.0552. The normalized spacial score (nSPS) is 9.71. The van der Waals surface area contributed by atoms with Crippen molar-refractivity contribution in [2.24, 2.45) is 5.73 Å². The average Bonchev–Trinajstić information content (AvgIpc) is 3.01. The highest BCUT2D eigenvalue weighted by atomic mass is 16.4. The molecule has 0 aromatic rings. The number of amides is 10. The number of hydrogen-bond acceptors (Lipinski definition) is 12. The van der Waals surface area contributed by atoms with Gasteiger partial charge >= 0.3 is 5.97 Å². The predicted octanol–water partition coefficient (Wildman–Crippen LogP) is -9.81. The molecule has 23 heteroatoms. The van der Waals surface area contributed by atoms with Gasteiger partial charge in [0.05, 0.1) is 65.4 Å². The largest absolute Gasteiger partial charge is 0.480 e. The summed E-state index contributed by atoms with van der Waals surface area (Å²) < 4.78 is 0. The molecule has 0 aliphatic carbocycles. The van der Waals surface area contributed by atoms with Crippen molar-refractivity contribution in [3.63, 3.8) is 0 Å². The molecular formula is C22H35N11O12. The lowest BCUT2D eigenvalue weighted by Gasteiger charge is -2.10. The Morgan fingerprint density at radius 2 is 0.467 bits per heavy atom. The van der Waals surface area contributed by atoms with Crippen LogP contribution < -0.4 is 58.9 Å². The maximum absolute atomic E-state index is 11.8. The van der Waals surface area contributed by atoms with Gasteiger partial charge in [0.15, 0.2) is 0 Å². The summed E-state index contributed by atoms with van der Waals surface area (Å²) in [6, 6.07) is 0. The second-order valence-corrected chi connectivity index (χ2v) is 8.37. The summed E-state index contributed by atoms with van der Waals surface area (Å²) in [7, 11) is 0. The zero-order valence-electron chi connectivity index (χ0n) is 23.8. The molecule has 0 radical (unpaired) electrons. The molecule has 0 aromatic carbocycles. The number of nitrogens with one attached hydrogen (secondary N) is 10. The minimum atomic E-state index is -1.27. The number of carboxylic acids is 1. The molecule has 23 nitrogen and oxygen atoms in total. The minimum absolute atomic E-state index is 0.309. The zero-order valence-corrected chi connectivity index (χ0v) is 23.8. The molecule has 0 atom stereocenters. The Balaban J connectivity index is 3.97. The maximum Gasteiger partial charge on any atom is 0.322 e. The van der Waals surface area contributed by atoms with Crippen molar-refractivity contribution in [2.75, 3.05) is 72.0 Å². The van der Waals surface area contributed by atoms with Gasteiger partial charge in [-0.1, -0.05) is 0 Å². The first kappa shape index (κ1) is 39.1. The summed E-state index contributed by atoms with van der Waals surface area (Å²) in [5, 5.41) is 30.0. The van der Waals surface area contributed by atoms with Crippen LogP contribution in [0.3, 0.4) is 0 Å². The van der Waals surface area contributed by atoms with Crippen LogP contribution in [0.4, 0.5) is 0 Å². The Morgan fingerprint density at radius 1 is 0.311 bits per heavy atom. The van der Waals surface area contributed by atoms with E-state index in [1.54, 1.807) is 0 Å². The lowest BCUT2D eigenvalue weighted by molar-refractivity contribution is -0.138. The first-order chi connectivity index (χ1) is 21.2. The highest BCUT2D eigenvalue weighted by Gasteiger charge is 2.13. The standard InChI is InChI=1S/C22H35N11O12/c23-1-12(34)24-2-13(35)25-3-14(36)26-4-15(37)27-5-16(38)28-6-17(39)29-7-18(40)30-8-19(41)31-9-20(42)32-10-21(43)33-11-22(44)45/h1-11,23H2,(H,24,34)(H,25,35)(H,26,36)(H,27,37)(H,28,38)(H,29,39)(H,30,40)(H,31,41)(H,32,42)(H,33,43)(H,44,45). The molecule has 13 N–H and O–H groups in total. The van der Waals surface area contributed by atoms with Crippen LogP contribution >= 0.6 is 0 Å². The van der Waals surface area contributed by atoms with Crippen molar-refractivity contribution in [1.82, 2.24) is 53.2 Å². The van der Waals surface area contributed by atoms with E-state index in [2.05, 4.69) is 47.9 Å². The third kappa shape index (κ3) is 23.4. The van der Waals surface area contributed by atoms with Gasteiger partial charge in [-0.3, -0.25) is 52.7 Å². The van der Waals surface area contributed by atoms with Crippen LogP contribution in [0.15, 0.2) is 0 Å². The number of rotatable bonds is 21. The molecule has 0 aromatic heterocycles. The van der Waals surface area contributed by atoms with E-state index in [1.165, 1.54) is 0 Å². The molecule has 0 saturated heterocycles. The number of carboxylic acid groups (broad SMARTS) is 1. The number of aliphatic carboxylic acids is 1. The minimum Gasteiger partial charge on any atom is -0.480 e. The molecule has 0 saturated carbocycles. The average molecular weight is 646 g/mol. The lowest BCUT2D eigenvalue weighted by Crippen LogP contribution is -2.47. The van der Waals surface area contributed by atoms with Crippen molar-refractivity contribution >= 4 is 65.0 Å². The highest BCUT2D eigenvalue weighted by molar-refractivity contribution is 5.93. The van der Waals surface area contributed by atoms with Gasteiger partial charge in [-0.05, 0) is 0 Å². The maximum atomic E-state index is 11.8. The molecule has 0 aliphatic rings. The Hall–Kier alpha value is -5.87. The number of hydrogen-bond donors (Lipinski definition) is 12. The number of carbonyl (C=O) groups is 11. The summed E-state index contributed by atoms with van der Waals surface area (Å²) in [4.78, 5) is 126. The van der Waals surface area contributed by atoms with Crippen molar-refractivity contribution in [2.45, 2.75) is 0 Å². The summed E-state index contributed by atoms with van der Waals surface area (Å²) in [6.45, 7) is -5.61. The molecule has 45 heavy (non-hydrogen) atoms. The summed E-state index contributed by atoms with van der Waals surface area (Å²) in [5.74, 6) is -8.61. The van der Waals surface area contributed by atoms with Crippen LogP contribution in [0, 0.1) is 0 Å². The van der Waals surface area contributed by atoms with E-state index in [-0.39, 0.29) is 6.54 Å². The molecular weight excluding hydrogens is 610 g/mol. The van der Waals surface area contributed by atoms with Crippen LogP contribution in [0.1, 0.15) is 0 Å². The van der Waals surface area contributed by atoms with Gasteiger partial charge in [-0.25, -0.2) is 0 Å². The SMILES string of the molecule is NCC(=O)NCC(=O)NCC(=O)NCC(=O)NCC(=O)NCC(=O)NCC(=O)NCC(=O)NCC(=O)NCC(=O)NCC(=O)O. The van der Waals surface area contributed by atoms with E-state index in [0.29, 0.717) is 0 Å². The van der Waals surface area contributed by atoms with Crippen molar-refractivity contribution < 1.29 is 57.8 Å². The van der Waals surface area contributed by atoms with E-state index in [9.17, 15) is 52.7 Å². The predicted molar refractivity (Wildman–Crippen MR) is 147 cm³/mol. The third-order valence-corrected chi connectivity index (χ3v) is 4.64. The molecule has 0 bridgehead atoms. The topological polar surface area (TPSA) is 354 Å². The molecule has 0 rings (SSSR count). The van der Waals surface area contributed by atoms with Crippen LogP contribution in [0.5, 0.6) is 0 Å². The van der Waals surface area contributed by atoms with Gasteiger partial charge in [0.2, 0.25) is 59.1 Å². The van der Waals surface area contributed by atoms with Gasteiger partial charge in [0.1, 0.15) is 6.54 Å². The monoisotopic (exact) mass is 645 g/mol. The molecule has 0 unspecified atom stereocenters. The first-order valence-corrected chi connectivity index (χ1v) is 12.8. The van der Waals surface area contributed by atoms with E-state index < -0.39 is 130 Å². The molecule has 0 aliphatic heterocycles. The van der Waals surface area contributed by atoms with Gasteiger partial charge < -0.3 is 64.0 Å². The van der Waals surface area contributed by atoms with E-state index in [4.69, 9.17) is 10.8 Å². The lowest BCUT2D eigenvalue weighted by atomic mass is 10.4. The van der Waals surface area contributed by atoms with E-state index in [1.807, 2.05) is 5.32 Å². The van der Waals surface area contributed by atoms with Crippen LogP contribution in [-0.2, 0) is 52.7 Å². The van der Waals surface area contributed by atoms with Gasteiger partial charge in [-0.15, -0.1) is 0 Å².